The molecule has 3 aromatic rings. The third-order valence-corrected chi connectivity index (χ3v) is 9.15. The summed E-state index contributed by atoms with van der Waals surface area (Å²) in [6, 6.07) is 1.40. The number of nitrogens with zero attached hydrogens (tertiary/aromatic N) is 4. The molecule has 10 nitrogen and oxygen atoms in total. The predicted molar refractivity (Wildman–Crippen MR) is 148 cm³/mol. The van der Waals surface area contributed by atoms with Crippen molar-refractivity contribution >= 4 is 33.3 Å². The standard InChI is InChI=1S/C27H38N6O4S/c1-14-19(24-32-20-15(2)28-11-7-18(20)38-24)23(31-17-13-16(26(3,4)36)21(34)22(17)35)33-25(30-14)29-12-10-27(37)8-5-6-9-27/h7,11,16-17,21-22,34-37H,5-6,8-10,12-13H2,1-4H3,(H2,29,30,31,33)/t16-,17+,21+,22-/m0/s1. The number of aliphatic hydroxyl groups excluding tert-OH is 2. The number of nitrogens with one attached hydrogen (secondary N) is 2. The first-order chi connectivity index (χ1) is 17.9. The summed E-state index contributed by atoms with van der Waals surface area (Å²) in [6.07, 6.45) is 4.33. The quantitative estimate of drug-likeness (QED) is 0.250. The third-order valence-electron chi connectivity index (χ3n) is 8.11. The molecule has 3 heterocycles. The number of hydrogen-bond acceptors (Lipinski definition) is 11. The van der Waals surface area contributed by atoms with Crippen molar-refractivity contribution in [3.05, 3.63) is 23.7 Å². The first-order valence-corrected chi connectivity index (χ1v) is 14.2. The van der Waals surface area contributed by atoms with Crippen molar-refractivity contribution in [2.24, 2.45) is 5.92 Å². The number of hydrogen-bond donors (Lipinski definition) is 6. The SMILES string of the molecule is Cc1nc(NCCC2(O)CCCC2)nc(N[C@@H]2C[C@H](C(C)(C)O)[C@@H](O)[C@H]2O)c1-c1nc2c(C)nccc2s1. The molecule has 38 heavy (non-hydrogen) atoms. The number of anilines is 2. The van der Waals surface area contributed by atoms with Gasteiger partial charge in [-0.1, -0.05) is 12.8 Å². The van der Waals surface area contributed by atoms with Crippen LogP contribution in [0, 0.1) is 19.8 Å². The fourth-order valence-corrected chi connectivity index (χ4v) is 6.96. The number of aliphatic hydroxyl groups is 4. The summed E-state index contributed by atoms with van der Waals surface area (Å²) in [7, 11) is 0. The second-order valence-electron chi connectivity index (χ2n) is 11.5. The molecule has 0 amide bonds. The van der Waals surface area contributed by atoms with Crippen molar-refractivity contribution in [1.82, 2.24) is 19.9 Å². The van der Waals surface area contributed by atoms with Gasteiger partial charge in [-0.3, -0.25) is 4.98 Å². The Morgan fingerprint density at radius 3 is 2.47 bits per heavy atom. The van der Waals surface area contributed by atoms with E-state index < -0.39 is 35.4 Å². The molecule has 0 spiro atoms. The van der Waals surface area contributed by atoms with Gasteiger partial charge >= 0.3 is 0 Å². The molecule has 0 unspecified atom stereocenters. The highest BCUT2D eigenvalue weighted by Crippen LogP contribution is 2.40. The van der Waals surface area contributed by atoms with Gasteiger partial charge < -0.3 is 31.1 Å². The van der Waals surface area contributed by atoms with Gasteiger partial charge in [-0.15, -0.1) is 11.3 Å². The van der Waals surface area contributed by atoms with E-state index in [0.29, 0.717) is 36.8 Å². The van der Waals surface area contributed by atoms with Crippen LogP contribution in [0.1, 0.15) is 63.8 Å². The Morgan fingerprint density at radius 1 is 1.08 bits per heavy atom. The normalized spacial score (nSPS) is 25.3. The Kier molecular flexibility index (Phi) is 7.34. The van der Waals surface area contributed by atoms with Gasteiger partial charge in [0.25, 0.3) is 0 Å². The molecule has 11 heteroatoms. The van der Waals surface area contributed by atoms with E-state index in [1.54, 1.807) is 20.0 Å². The van der Waals surface area contributed by atoms with Crippen LogP contribution < -0.4 is 10.6 Å². The van der Waals surface area contributed by atoms with E-state index in [0.717, 1.165) is 52.2 Å². The minimum Gasteiger partial charge on any atom is -0.390 e. The summed E-state index contributed by atoms with van der Waals surface area (Å²) in [5.41, 5.74) is 1.31. The van der Waals surface area contributed by atoms with E-state index >= 15 is 0 Å². The second kappa shape index (κ2) is 10.3. The Hall–Kier alpha value is -2.44. The maximum atomic E-state index is 10.9. The minimum absolute atomic E-state index is 0.368. The van der Waals surface area contributed by atoms with Crippen LogP contribution in [0.15, 0.2) is 12.3 Å². The summed E-state index contributed by atoms with van der Waals surface area (Å²) < 4.78 is 1.00. The lowest BCUT2D eigenvalue weighted by Crippen LogP contribution is -2.40. The maximum Gasteiger partial charge on any atom is 0.224 e. The van der Waals surface area contributed by atoms with Crippen molar-refractivity contribution in [2.45, 2.75) is 95.7 Å². The smallest absolute Gasteiger partial charge is 0.224 e. The van der Waals surface area contributed by atoms with Crippen LogP contribution in [-0.2, 0) is 0 Å². The van der Waals surface area contributed by atoms with E-state index in [1.165, 1.54) is 11.3 Å². The Balaban J connectivity index is 1.48. The second-order valence-corrected chi connectivity index (χ2v) is 12.5. The number of pyridine rings is 1. The number of aryl methyl sites for hydroxylation is 2. The Labute approximate surface area is 226 Å². The van der Waals surface area contributed by atoms with Crippen molar-refractivity contribution in [3.63, 3.8) is 0 Å². The molecule has 206 valence electrons. The van der Waals surface area contributed by atoms with Crippen LogP contribution in [0.25, 0.3) is 20.8 Å². The summed E-state index contributed by atoms with van der Waals surface area (Å²) in [5.74, 6) is 0.417. The third kappa shape index (κ3) is 5.35. The molecular weight excluding hydrogens is 504 g/mol. The summed E-state index contributed by atoms with van der Waals surface area (Å²) in [5, 5.41) is 50.2. The van der Waals surface area contributed by atoms with Gasteiger partial charge in [-0.2, -0.15) is 4.98 Å². The number of aromatic nitrogens is 4. The minimum atomic E-state index is -1.15. The van der Waals surface area contributed by atoms with E-state index in [4.69, 9.17) is 15.0 Å². The number of thiazole rings is 1. The van der Waals surface area contributed by atoms with Gasteiger partial charge in [0.1, 0.15) is 22.4 Å². The fraction of sp³-hybridized carbons (Fsp3) is 0.630. The fourth-order valence-electron chi connectivity index (χ4n) is 5.85. The molecule has 6 N–H and O–H groups in total. The monoisotopic (exact) mass is 542 g/mol. The lowest BCUT2D eigenvalue weighted by atomic mass is 9.88. The lowest BCUT2D eigenvalue weighted by Gasteiger charge is -2.28. The molecule has 2 saturated carbocycles. The molecule has 0 aromatic carbocycles. The average molecular weight is 543 g/mol. The molecule has 4 atom stereocenters. The average Bonchev–Trinajstić information content (AvgIpc) is 3.53. The van der Waals surface area contributed by atoms with Crippen LogP contribution in [-0.4, -0.2) is 76.4 Å². The van der Waals surface area contributed by atoms with Gasteiger partial charge in [-0.25, -0.2) is 9.97 Å². The first kappa shape index (κ1) is 27.1. The van der Waals surface area contributed by atoms with Crippen LogP contribution in [0.3, 0.4) is 0 Å². The highest BCUT2D eigenvalue weighted by Gasteiger charge is 2.48. The zero-order valence-electron chi connectivity index (χ0n) is 22.4. The summed E-state index contributed by atoms with van der Waals surface area (Å²) in [4.78, 5) is 18.7. The molecule has 0 radical (unpaired) electrons. The maximum absolute atomic E-state index is 10.9. The zero-order chi connectivity index (χ0) is 27.2. The van der Waals surface area contributed by atoms with Crippen molar-refractivity contribution in [2.75, 3.05) is 17.2 Å². The van der Waals surface area contributed by atoms with Gasteiger partial charge in [0, 0.05) is 18.7 Å². The molecule has 5 rings (SSSR count). The van der Waals surface area contributed by atoms with E-state index in [1.807, 2.05) is 19.9 Å². The van der Waals surface area contributed by atoms with Gasteiger partial charge in [-0.05, 0) is 59.4 Å². The zero-order valence-corrected chi connectivity index (χ0v) is 23.2. The molecule has 2 aliphatic carbocycles. The first-order valence-electron chi connectivity index (χ1n) is 13.4. The number of rotatable bonds is 8. The predicted octanol–water partition coefficient (Wildman–Crippen LogP) is 3.17. The van der Waals surface area contributed by atoms with Crippen LogP contribution >= 0.6 is 11.3 Å². The van der Waals surface area contributed by atoms with Crippen molar-refractivity contribution in [1.29, 1.82) is 0 Å². The molecule has 0 aliphatic heterocycles. The van der Waals surface area contributed by atoms with Gasteiger partial charge in [0.05, 0.1) is 45.0 Å². The Morgan fingerprint density at radius 2 is 1.82 bits per heavy atom. The lowest BCUT2D eigenvalue weighted by molar-refractivity contribution is -0.0601. The highest BCUT2D eigenvalue weighted by molar-refractivity contribution is 7.21. The van der Waals surface area contributed by atoms with Crippen LogP contribution in [0.5, 0.6) is 0 Å². The van der Waals surface area contributed by atoms with Gasteiger partial charge in [0.2, 0.25) is 5.95 Å². The molecule has 2 fully saturated rings. The van der Waals surface area contributed by atoms with E-state index in [9.17, 15) is 20.4 Å². The molecule has 3 aromatic heterocycles. The largest absolute Gasteiger partial charge is 0.390 e. The molecule has 2 aliphatic rings. The Bertz CT molecular complexity index is 1300. The number of fused-ring (bicyclic) bond motifs is 1. The molecular formula is C27H38N6O4S. The topological polar surface area (TPSA) is 157 Å². The molecule has 0 saturated heterocycles. The summed E-state index contributed by atoms with van der Waals surface area (Å²) >= 11 is 1.52. The summed E-state index contributed by atoms with van der Waals surface area (Å²) in [6.45, 7) is 7.65. The van der Waals surface area contributed by atoms with Crippen LogP contribution in [0.4, 0.5) is 11.8 Å². The van der Waals surface area contributed by atoms with Crippen molar-refractivity contribution in [3.8, 4) is 10.6 Å². The van der Waals surface area contributed by atoms with Crippen LogP contribution in [0.2, 0.25) is 0 Å². The highest BCUT2D eigenvalue weighted by atomic mass is 32.1. The van der Waals surface area contributed by atoms with E-state index in [2.05, 4.69) is 15.6 Å². The van der Waals surface area contributed by atoms with E-state index in [-0.39, 0.29) is 0 Å². The van der Waals surface area contributed by atoms with Gasteiger partial charge in [0.15, 0.2) is 0 Å². The molecule has 0 bridgehead atoms. The van der Waals surface area contributed by atoms with Crippen molar-refractivity contribution < 1.29 is 20.4 Å².